The molecule has 0 heterocycles. The maximum absolute atomic E-state index is 11.4. The van der Waals surface area contributed by atoms with Crippen LogP contribution in [0, 0.1) is 5.41 Å². The molecule has 0 bridgehead atoms. The fourth-order valence-corrected chi connectivity index (χ4v) is 0.900. The normalized spacial score (nSPS) is 15.8. The van der Waals surface area contributed by atoms with Gasteiger partial charge in [-0.2, -0.15) is 0 Å². The highest BCUT2D eigenvalue weighted by atomic mass is 16.6. The Balaban J connectivity index is 4.25. The average molecular weight is 200 g/mol. The molecule has 1 N–H and O–H groups in total. The minimum Gasteiger partial charge on any atom is -0.460 e. The van der Waals surface area contributed by atoms with Gasteiger partial charge in [-0.05, 0) is 20.8 Å². The van der Waals surface area contributed by atoms with Crippen molar-refractivity contribution in [2.75, 3.05) is 6.61 Å². The standard InChI is InChI=1S/C11H20O3/c1-6-11(5,8-12)7-9(13)14-10(2,3)4/h6,12H,1,7-8H2,2-5H3/t11-/m1/s1. The molecule has 0 saturated carbocycles. The van der Waals surface area contributed by atoms with E-state index in [2.05, 4.69) is 6.58 Å². The van der Waals surface area contributed by atoms with Gasteiger partial charge in [0.15, 0.2) is 0 Å². The molecule has 0 aliphatic rings. The molecule has 0 aromatic rings. The topological polar surface area (TPSA) is 46.5 Å². The second-order valence-corrected chi connectivity index (χ2v) is 4.78. The quantitative estimate of drug-likeness (QED) is 0.557. The van der Waals surface area contributed by atoms with Crippen molar-refractivity contribution in [3.05, 3.63) is 12.7 Å². The molecule has 0 rings (SSSR count). The zero-order valence-electron chi connectivity index (χ0n) is 9.46. The molecule has 0 aromatic heterocycles. The van der Waals surface area contributed by atoms with Crippen molar-refractivity contribution in [1.82, 2.24) is 0 Å². The highest BCUT2D eigenvalue weighted by Gasteiger charge is 2.26. The summed E-state index contributed by atoms with van der Waals surface area (Å²) in [6, 6.07) is 0. The molecule has 82 valence electrons. The van der Waals surface area contributed by atoms with Crippen LogP contribution in [-0.2, 0) is 9.53 Å². The first-order valence-electron chi connectivity index (χ1n) is 4.69. The fraction of sp³-hybridized carbons (Fsp3) is 0.727. The summed E-state index contributed by atoms with van der Waals surface area (Å²) < 4.78 is 5.14. The van der Waals surface area contributed by atoms with Crippen LogP contribution in [0.15, 0.2) is 12.7 Å². The summed E-state index contributed by atoms with van der Waals surface area (Å²) in [4.78, 5) is 11.4. The van der Waals surface area contributed by atoms with Crippen LogP contribution in [0.2, 0.25) is 0 Å². The Hall–Kier alpha value is -0.830. The minimum absolute atomic E-state index is 0.101. The average Bonchev–Trinajstić information content (AvgIpc) is 2.00. The molecule has 0 saturated heterocycles. The molecule has 0 fully saturated rings. The molecule has 0 aliphatic carbocycles. The van der Waals surface area contributed by atoms with E-state index in [4.69, 9.17) is 9.84 Å². The molecular weight excluding hydrogens is 180 g/mol. The monoisotopic (exact) mass is 200 g/mol. The molecule has 0 amide bonds. The van der Waals surface area contributed by atoms with Crippen molar-refractivity contribution < 1.29 is 14.6 Å². The molecular formula is C11H20O3. The summed E-state index contributed by atoms with van der Waals surface area (Å²) in [6.45, 7) is 10.7. The largest absolute Gasteiger partial charge is 0.460 e. The Labute approximate surface area is 85.8 Å². The SMILES string of the molecule is C=C[C@@](C)(CO)CC(=O)OC(C)(C)C. The summed E-state index contributed by atoms with van der Waals surface area (Å²) in [7, 11) is 0. The summed E-state index contributed by atoms with van der Waals surface area (Å²) in [5.41, 5.74) is -1.06. The maximum atomic E-state index is 11.4. The van der Waals surface area contributed by atoms with E-state index in [1.54, 1.807) is 13.0 Å². The lowest BCUT2D eigenvalue weighted by molar-refractivity contribution is -0.157. The van der Waals surface area contributed by atoms with Crippen LogP contribution in [0.3, 0.4) is 0 Å². The third-order valence-corrected chi connectivity index (χ3v) is 1.82. The van der Waals surface area contributed by atoms with E-state index in [0.717, 1.165) is 0 Å². The number of carbonyl (C=O) groups is 1. The Morgan fingerprint density at radius 2 is 1.93 bits per heavy atom. The van der Waals surface area contributed by atoms with Gasteiger partial charge in [0.1, 0.15) is 5.60 Å². The first-order chi connectivity index (χ1) is 6.22. The lowest BCUT2D eigenvalue weighted by Gasteiger charge is -2.25. The second-order valence-electron chi connectivity index (χ2n) is 4.78. The molecule has 0 radical (unpaired) electrons. The van der Waals surface area contributed by atoms with Crippen molar-refractivity contribution in [2.24, 2.45) is 5.41 Å². The van der Waals surface area contributed by atoms with Crippen molar-refractivity contribution in [2.45, 2.75) is 39.7 Å². The van der Waals surface area contributed by atoms with E-state index in [1.807, 2.05) is 20.8 Å². The third-order valence-electron chi connectivity index (χ3n) is 1.82. The zero-order chi connectivity index (χ0) is 11.4. The highest BCUT2D eigenvalue weighted by molar-refractivity contribution is 5.71. The van der Waals surface area contributed by atoms with Crippen LogP contribution in [-0.4, -0.2) is 23.3 Å². The van der Waals surface area contributed by atoms with Gasteiger partial charge in [-0.1, -0.05) is 13.0 Å². The van der Waals surface area contributed by atoms with Crippen LogP contribution in [0.1, 0.15) is 34.1 Å². The lowest BCUT2D eigenvalue weighted by atomic mass is 9.88. The van der Waals surface area contributed by atoms with Crippen molar-refractivity contribution in [3.8, 4) is 0 Å². The first kappa shape index (κ1) is 13.2. The second kappa shape index (κ2) is 4.60. The predicted molar refractivity (Wildman–Crippen MR) is 55.9 cm³/mol. The van der Waals surface area contributed by atoms with Crippen LogP contribution in [0.5, 0.6) is 0 Å². The van der Waals surface area contributed by atoms with E-state index < -0.39 is 11.0 Å². The van der Waals surface area contributed by atoms with E-state index in [1.165, 1.54) is 0 Å². The number of hydrogen-bond donors (Lipinski definition) is 1. The van der Waals surface area contributed by atoms with Gasteiger partial charge >= 0.3 is 5.97 Å². The number of esters is 1. The summed E-state index contributed by atoms with van der Waals surface area (Å²) in [5, 5.41) is 9.05. The summed E-state index contributed by atoms with van der Waals surface area (Å²) in [6.07, 6.45) is 1.74. The van der Waals surface area contributed by atoms with Gasteiger partial charge in [0, 0.05) is 5.41 Å². The lowest BCUT2D eigenvalue weighted by Crippen LogP contribution is -2.29. The number of aliphatic hydroxyl groups excluding tert-OH is 1. The van der Waals surface area contributed by atoms with Gasteiger partial charge in [-0.25, -0.2) is 0 Å². The van der Waals surface area contributed by atoms with Crippen LogP contribution in [0.25, 0.3) is 0 Å². The fourth-order valence-electron chi connectivity index (χ4n) is 0.900. The molecule has 3 heteroatoms. The van der Waals surface area contributed by atoms with Crippen molar-refractivity contribution >= 4 is 5.97 Å². The first-order valence-corrected chi connectivity index (χ1v) is 4.69. The van der Waals surface area contributed by atoms with Gasteiger partial charge in [-0.3, -0.25) is 4.79 Å². The van der Waals surface area contributed by atoms with Crippen LogP contribution in [0.4, 0.5) is 0 Å². The van der Waals surface area contributed by atoms with Crippen LogP contribution < -0.4 is 0 Å². The molecule has 0 aromatic carbocycles. The molecule has 0 unspecified atom stereocenters. The zero-order valence-corrected chi connectivity index (χ0v) is 9.46. The van der Waals surface area contributed by atoms with Crippen molar-refractivity contribution in [1.29, 1.82) is 0 Å². The predicted octanol–water partition coefficient (Wildman–Crippen LogP) is 1.90. The number of carbonyl (C=O) groups excluding carboxylic acids is 1. The minimum atomic E-state index is -0.581. The van der Waals surface area contributed by atoms with Gasteiger partial charge in [-0.15, -0.1) is 6.58 Å². The van der Waals surface area contributed by atoms with E-state index in [0.29, 0.717) is 0 Å². The Bertz CT molecular complexity index is 215. The maximum Gasteiger partial charge on any atom is 0.307 e. The molecule has 14 heavy (non-hydrogen) atoms. The summed E-state index contributed by atoms with van der Waals surface area (Å²) in [5.74, 6) is -0.311. The van der Waals surface area contributed by atoms with E-state index in [9.17, 15) is 4.79 Å². The van der Waals surface area contributed by atoms with E-state index >= 15 is 0 Å². The molecule has 1 atom stereocenters. The Kier molecular flexibility index (Phi) is 4.33. The van der Waals surface area contributed by atoms with Gasteiger partial charge in [0.2, 0.25) is 0 Å². The van der Waals surface area contributed by atoms with Gasteiger partial charge in [0.05, 0.1) is 13.0 Å². The number of rotatable bonds is 4. The number of ether oxygens (including phenoxy) is 1. The summed E-state index contributed by atoms with van der Waals surface area (Å²) >= 11 is 0. The van der Waals surface area contributed by atoms with Gasteiger partial charge < -0.3 is 9.84 Å². The third kappa shape index (κ3) is 5.02. The van der Waals surface area contributed by atoms with Crippen molar-refractivity contribution in [3.63, 3.8) is 0 Å². The molecule has 0 spiro atoms. The smallest absolute Gasteiger partial charge is 0.307 e. The Morgan fingerprint density at radius 1 is 1.43 bits per heavy atom. The van der Waals surface area contributed by atoms with Gasteiger partial charge in [0.25, 0.3) is 0 Å². The highest BCUT2D eigenvalue weighted by Crippen LogP contribution is 2.23. The number of hydrogen-bond acceptors (Lipinski definition) is 3. The van der Waals surface area contributed by atoms with E-state index in [-0.39, 0.29) is 19.0 Å². The Morgan fingerprint density at radius 3 is 2.21 bits per heavy atom. The van der Waals surface area contributed by atoms with Crippen LogP contribution >= 0.6 is 0 Å². The molecule has 0 aliphatic heterocycles. The molecule has 3 nitrogen and oxygen atoms in total. The number of aliphatic hydroxyl groups is 1.